The molecule has 4 aromatic rings. The third-order valence-corrected chi connectivity index (χ3v) is 4.48. The second kappa shape index (κ2) is 4.75. The van der Waals surface area contributed by atoms with Gasteiger partial charge in [-0.25, -0.2) is 4.98 Å². The number of benzene rings is 2. The number of phenolic OH excluding ortho intramolecular Hbond substituents is 1. The highest BCUT2D eigenvalue weighted by atomic mass is 32.1. The molecule has 0 aliphatic heterocycles. The molecule has 0 aliphatic carbocycles. The van der Waals surface area contributed by atoms with Crippen LogP contribution in [-0.2, 0) is 0 Å². The maximum atomic E-state index is 10.2. The van der Waals surface area contributed by atoms with Gasteiger partial charge in [-0.05, 0) is 42.5 Å². The molecule has 0 unspecified atom stereocenters. The van der Waals surface area contributed by atoms with E-state index >= 15 is 0 Å². The predicted molar refractivity (Wildman–Crippen MR) is 86.0 cm³/mol. The molecular formula is C17H12N2OS. The second-order valence-corrected chi connectivity index (χ2v) is 5.81. The number of aromatic hydroxyl groups is 1. The molecular weight excluding hydrogens is 280 g/mol. The monoisotopic (exact) mass is 292 g/mol. The van der Waals surface area contributed by atoms with Crippen molar-refractivity contribution in [2.75, 3.05) is 0 Å². The summed E-state index contributed by atoms with van der Waals surface area (Å²) in [5.74, 6) is 0.255. The molecule has 4 rings (SSSR count). The number of thiazole rings is 1. The van der Waals surface area contributed by atoms with Crippen molar-refractivity contribution in [1.82, 2.24) is 9.55 Å². The molecule has 0 radical (unpaired) electrons. The summed E-state index contributed by atoms with van der Waals surface area (Å²) in [6, 6.07) is 17.5. The number of phenols is 1. The number of hydrogen-bond donors (Lipinski definition) is 1. The number of nitrogens with zero attached hydrogens (tertiary/aromatic N) is 2. The summed E-state index contributed by atoms with van der Waals surface area (Å²) in [6.07, 6.45) is 3.96. The van der Waals surface area contributed by atoms with Gasteiger partial charge < -0.3 is 9.67 Å². The van der Waals surface area contributed by atoms with Crippen LogP contribution in [0, 0.1) is 0 Å². The summed E-state index contributed by atoms with van der Waals surface area (Å²) >= 11 is 1.59. The zero-order valence-electron chi connectivity index (χ0n) is 11.1. The number of para-hydroxylation sites is 1. The van der Waals surface area contributed by atoms with Gasteiger partial charge >= 0.3 is 0 Å². The first-order chi connectivity index (χ1) is 10.3. The van der Waals surface area contributed by atoms with E-state index in [-0.39, 0.29) is 5.75 Å². The lowest BCUT2D eigenvalue weighted by molar-refractivity contribution is 0.477. The molecule has 0 spiro atoms. The predicted octanol–water partition coefficient (Wildman–Crippen LogP) is 4.46. The number of fused-ring (bicyclic) bond motifs is 1. The second-order valence-electron chi connectivity index (χ2n) is 4.78. The average molecular weight is 292 g/mol. The van der Waals surface area contributed by atoms with Gasteiger partial charge in [-0.3, -0.25) is 0 Å². The first-order valence-electron chi connectivity index (χ1n) is 6.63. The molecule has 1 N–H and O–H groups in total. The van der Waals surface area contributed by atoms with Gasteiger partial charge in [-0.1, -0.05) is 12.1 Å². The van der Waals surface area contributed by atoms with E-state index in [4.69, 9.17) is 0 Å². The summed E-state index contributed by atoms with van der Waals surface area (Å²) in [5, 5.41) is 11.0. The molecule has 21 heavy (non-hydrogen) atoms. The van der Waals surface area contributed by atoms with E-state index in [0.29, 0.717) is 0 Å². The van der Waals surface area contributed by atoms with Crippen LogP contribution in [0.15, 0.2) is 67.0 Å². The molecule has 0 aliphatic rings. The lowest BCUT2D eigenvalue weighted by Gasteiger charge is -2.06. The SMILES string of the molecule is Oc1ccc(-n2cccc2)cc1-c1nc2ccccc2s1. The highest BCUT2D eigenvalue weighted by Crippen LogP contribution is 2.36. The Morgan fingerprint density at radius 2 is 1.76 bits per heavy atom. The lowest BCUT2D eigenvalue weighted by Crippen LogP contribution is -1.90. The van der Waals surface area contributed by atoms with Crippen molar-refractivity contribution in [3.05, 3.63) is 67.0 Å². The van der Waals surface area contributed by atoms with Crippen molar-refractivity contribution in [3.63, 3.8) is 0 Å². The normalized spacial score (nSPS) is 11.0. The number of hydrogen-bond acceptors (Lipinski definition) is 3. The fourth-order valence-electron chi connectivity index (χ4n) is 2.35. The summed E-state index contributed by atoms with van der Waals surface area (Å²) in [7, 11) is 0. The van der Waals surface area contributed by atoms with E-state index in [2.05, 4.69) is 4.98 Å². The molecule has 3 nitrogen and oxygen atoms in total. The summed E-state index contributed by atoms with van der Waals surface area (Å²) in [4.78, 5) is 4.62. The Labute approximate surface area is 125 Å². The minimum Gasteiger partial charge on any atom is -0.507 e. The Kier molecular flexibility index (Phi) is 2.75. The minimum atomic E-state index is 0.255. The van der Waals surface area contributed by atoms with Crippen LogP contribution >= 0.6 is 11.3 Å². The lowest BCUT2D eigenvalue weighted by atomic mass is 10.2. The smallest absolute Gasteiger partial charge is 0.128 e. The maximum absolute atomic E-state index is 10.2. The molecule has 2 aromatic carbocycles. The van der Waals surface area contributed by atoms with Gasteiger partial charge in [0.05, 0.1) is 15.8 Å². The largest absolute Gasteiger partial charge is 0.507 e. The van der Waals surface area contributed by atoms with Crippen LogP contribution < -0.4 is 0 Å². The Bertz CT molecular complexity index is 877. The van der Waals surface area contributed by atoms with Gasteiger partial charge in [0.1, 0.15) is 10.8 Å². The molecule has 0 fully saturated rings. The molecule has 2 heterocycles. The standard InChI is InChI=1S/C17H12N2OS/c20-15-8-7-12(19-9-3-4-10-19)11-13(15)17-18-14-5-1-2-6-16(14)21-17/h1-11,20H. The third-order valence-electron chi connectivity index (χ3n) is 3.41. The van der Waals surface area contributed by atoms with E-state index < -0.39 is 0 Å². The van der Waals surface area contributed by atoms with E-state index in [9.17, 15) is 5.11 Å². The Hall–Kier alpha value is -2.59. The van der Waals surface area contributed by atoms with Crippen LogP contribution in [0.3, 0.4) is 0 Å². The van der Waals surface area contributed by atoms with Crippen molar-refractivity contribution in [3.8, 4) is 22.0 Å². The van der Waals surface area contributed by atoms with Gasteiger partial charge in [-0.2, -0.15) is 0 Å². The van der Waals surface area contributed by atoms with Crippen LogP contribution in [0.4, 0.5) is 0 Å². The summed E-state index contributed by atoms with van der Waals surface area (Å²) in [6.45, 7) is 0. The van der Waals surface area contributed by atoms with Crippen LogP contribution in [0.5, 0.6) is 5.75 Å². The fourth-order valence-corrected chi connectivity index (χ4v) is 3.34. The molecule has 0 atom stereocenters. The zero-order chi connectivity index (χ0) is 14.2. The summed E-state index contributed by atoms with van der Waals surface area (Å²) in [5.41, 5.74) is 2.73. The van der Waals surface area contributed by atoms with Crippen molar-refractivity contribution >= 4 is 21.6 Å². The maximum Gasteiger partial charge on any atom is 0.128 e. The minimum absolute atomic E-state index is 0.255. The van der Waals surface area contributed by atoms with Crippen LogP contribution in [0.1, 0.15) is 0 Å². The first kappa shape index (κ1) is 12.2. The highest BCUT2D eigenvalue weighted by molar-refractivity contribution is 7.21. The van der Waals surface area contributed by atoms with Gasteiger partial charge in [0.2, 0.25) is 0 Å². The van der Waals surface area contributed by atoms with Crippen molar-refractivity contribution < 1.29 is 5.11 Å². The molecule has 2 aromatic heterocycles. The van der Waals surface area contributed by atoms with Crippen molar-refractivity contribution in [2.24, 2.45) is 0 Å². The number of rotatable bonds is 2. The summed E-state index contributed by atoms with van der Waals surface area (Å²) < 4.78 is 3.13. The van der Waals surface area contributed by atoms with E-state index in [1.165, 1.54) is 0 Å². The van der Waals surface area contributed by atoms with Gasteiger partial charge in [0.25, 0.3) is 0 Å². The number of aromatic nitrogens is 2. The molecule has 0 saturated heterocycles. The van der Waals surface area contributed by atoms with Crippen molar-refractivity contribution in [1.29, 1.82) is 0 Å². The van der Waals surface area contributed by atoms with Gasteiger partial charge in [0, 0.05) is 18.1 Å². The molecule has 0 bridgehead atoms. The van der Waals surface area contributed by atoms with Crippen molar-refractivity contribution in [2.45, 2.75) is 0 Å². The zero-order valence-corrected chi connectivity index (χ0v) is 11.9. The third kappa shape index (κ3) is 2.10. The topological polar surface area (TPSA) is 38.0 Å². The Morgan fingerprint density at radius 1 is 0.952 bits per heavy atom. The Morgan fingerprint density at radius 3 is 2.57 bits per heavy atom. The Balaban J connectivity index is 1.89. The molecule has 102 valence electrons. The van der Waals surface area contributed by atoms with Crippen LogP contribution in [-0.4, -0.2) is 14.7 Å². The molecule has 4 heteroatoms. The highest BCUT2D eigenvalue weighted by Gasteiger charge is 2.11. The van der Waals surface area contributed by atoms with E-state index in [1.807, 2.05) is 65.5 Å². The first-order valence-corrected chi connectivity index (χ1v) is 7.45. The van der Waals surface area contributed by atoms with E-state index in [0.717, 1.165) is 26.5 Å². The quantitative estimate of drug-likeness (QED) is 0.592. The fraction of sp³-hybridized carbons (Fsp3) is 0. The van der Waals surface area contributed by atoms with Crippen LogP contribution in [0.2, 0.25) is 0 Å². The van der Waals surface area contributed by atoms with Gasteiger partial charge in [-0.15, -0.1) is 11.3 Å². The van der Waals surface area contributed by atoms with Gasteiger partial charge in [0.15, 0.2) is 0 Å². The molecule has 0 amide bonds. The average Bonchev–Trinajstić information content (AvgIpc) is 3.17. The van der Waals surface area contributed by atoms with E-state index in [1.54, 1.807) is 17.4 Å². The van der Waals surface area contributed by atoms with Crippen LogP contribution in [0.25, 0.3) is 26.5 Å². The molecule has 0 saturated carbocycles.